The number of aliphatic hydroxyl groups is 1. The molecule has 4 nitrogen and oxygen atoms in total. The molecule has 0 spiro atoms. The molecule has 1 heterocycles. The number of sulfonamides is 1. The molecule has 1 aromatic rings. The summed E-state index contributed by atoms with van der Waals surface area (Å²) < 4.78 is 29.0. The van der Waals surface area contributed by atoms with E-state index < -0.39 is 21.7 Å². The molecule has 0 amide bonds. The summed E-state index contributed by atoms with van der Waals surface area (Å²) in [5.41, 5.74) is 0.0215. The lowest BCUT2D eigenvalue weighted by atomic mass is 9.75. The molecule has 0 aliphatic heterocycles. The van der Waals surface area contributed by atoms with Crippen LogP contribution < -0.4 is 4.72 Å². The minimum Gasteiger partial charge on any atom is -0.379 e. The first kappa shape index (κ1) is 22.4. The molecule has 0 radical (unpaired) electrons. The predicted octanol–water partition coefficient (Wildman–Crippen LogP) is 4.76. The molecule has 0 saturated carbocycles. The van der Waals surface area contributed by atoms with Gasteiger partial charge in [0.1, 0.15) is 9.81 Å². The molecule has 0 aromatic carbocycles. The second-order valence-electron chi connectivity index (χ2n) is 6.25. The van der Waals surface area contributed by atoms with Crippen LogP contribution in [0.5, 0.6) is 0 Å². The van der Waals surface area contributed by atoms with Crippen LogP contribution in [0.2, 0.25) is 4.34 Å². The first-order chi connectivity index (χ1) is 11.5. The summed E-state index contributed by atoms with van der Waals surface area (Å²) >= 11 is 6.89. The van der Waals surface area contributed by atoms with Crippen LogP contribution in [0.3, 0.4) is 0 Å². The maximum absolute atomic E-state index is 12.8. The molecule has 1 aromatic heterocycles. The number of nitrogens with one attached hydrogen (secondary N) is 1. The molecular formula is C18H28ClNO3S2. The van der Waals surface area contributed by atoms with Gasteiger partial charge in [-0.2, -0.15) is 0 Å². The van der Waals surface area contributed by atoms with Gasteiger partial charge in [-0.05, 0) is 56.9 Å². The number of allylic oxidation sites excluding steroid dienone is 2. The number of rotatable bonds is 8. The van der Waals surface area contributed by atoms with Crippen molar-refractivity contribution in [3.05, 3.63) is 39.8 Å². The molecule has 2 N–H and O–H groups in total. The van der Waals surface area contributed by atoms with Crippen LogP contribution in [-0.2, 0) is 10.0 Å². The van der Waals surface area contributed by atoms with Crippen molar-refractivity contribution >= 4 is 33.0 Å². The molecule has 0 fully saturated rings. The zero-order valence-electron chi connectivity index (χ0n) is 15.6. The lowest BCUT2D eigenvalue weighted by Gasteiger charge is -2.41. The van der Waals surface area contributed by atoms with Gasteiger partial charge in [0.15, 0.2) is 0 Å². The topological polar surface area (TPSA) is 66.4 Å². The lowest BCUT2D eigenvalue weighted by molar-refractivity contribution is 0.0581. The Morgan fingerprint density at radius 3 is 2.20 bits per heavy atom. The number of hydrogen-bond donors (Lipinski definition) is 2. The summed E-state index contributed by atoms with van der Waals surface area (Å²) in [6, 6.07) is 2.34. The van der Waals surface area contributed by atoms with Crippen LogP contribution in [0.25, 0.3) is 0 Å². The van der Waals surface area contributed by atoms with Crippen molar-refractivity contribution < 1.29 is 13.5 Å². The van der Waals surface area contributed by atoms with Crippen LogP contribution in [-0.4, -0.2) is 25.2 Å². The smallest absolute Gasteiger partial charge is 0.250 e. The molecule has 0 saturated heterocycles. The molecule has 1 rings (SSSR count). The van der Waals surface area contributed by atoms with Crippen molar-refractivity contribution in [2.75, 3.05) is 0 Å². The summed E-state index contributed by atoms with van der Waals surface area (Å²) in [5.74, 6) is -0.0833. The largest absolute Gasteiger partial charge is 0.379 e. The van der Waals surface area contributed by atoms with Crippen LogP contribution >= 0.6 is 22.9 Å². The SMILES string of the molecule is C/C=C(\C)C(O)(/C(C)=C/C)[C@@H](NS(=O)(=O)c1ccc(Cl)s1)[C@@H](C)CC. The van der Waals surface area contributed by atoms with E-state index in [-0.39, 0.29) is 10.1 Å². The highest BCUT2D eigenvalue weighted by atomic mass is 35.5. The van der Waals surface area contributed by atoms with E-state index in [2.05, 4.69) is 4.72 Å². The fourth-order valence-electron chi connectivity index (χ4n) is 2.76. The standard InChI is InChI=1S/C18H28ClNO3S2/c1-7-12(4)17(18(21,13(5)8-2)14(6)9-3)20-25(22,23)16-11-10-15(19)24-16/h8-12,17,20-21H,7H2,1-6H3/b13-8+,14-9+/t12-,17-/m0/s1. The average molecular weight is 406 g/mol. The monoisotopic (exact) mass is 405 g/mol. The molecule has 2 atom stereocenters. The Morgan fingerprint density at radius 2 is 1.84 bits per heavy atom. The molecule has 7 heteroatoms. The van der Waals surface area contributed by atoms with E-state index in [0.717, 1.165) is 11.3 Å². The quantitative estimate of drug-likeness (QED) is 0.613. The number of thiophene rings is 1. The van der Waals surface area contributed by atoms with E-state index in [1.165, 1.54) is 6.07 Å². The fourth-order valence-corrected chi connectivity index (χ4v) is 5.62. The van der Waals surface area contributed by atoms with Crippen LogP contribution in [0.1, 0.15) is 48.0 Å². The van der Waals surface area contributed by atoms with Crippen molar-refractivity contribution in [3.8, 4) is 0 Å². The third kappa shape index (κ3) is 4.74. The fraction of sp³-hybridized carbons (Fsp3) is 0.556. The normalized spacial score (nSPS) is 18.7. The Morgan fingerprint density at radius 1 is 1.32 bits per heavy atom. The molecule has 142 valence electrons. The van der Waals surface area contributed by atoms with Gasteiger partial charge in [-0.1, -0.05) is 44.0 Å². The minimum absolute atomic E-state index is 0.0833. The maximum Gasteiger partial charge on any atom is 0.250 e. The van der Waals surface area contributed by atoms with Crippen LogP contribution in [0, 0.1) is 5.92 Å². The first-order valence-corrected chi connectivity index (χ1v) is 11.0. The van der Waals surface area contributed by atoms with Gasteiger partial charge < -0.3 is 5.11 Å². The molecule has 0 unspecified atom stereocenters. The Kier molecular flexibility index (Phi) is 7.90. The summed E-state index contributed by atoms with van der Waals surface area (Å²) in [7, 11) is -3.79. The van der Waals surface area contributed by atoms with E-state index in [1.54, 1.807) is 6.07 Å². The second kappa shape index (κ2) is 8.82. The van der Waals surface area contributed by atoms with Crippen molar-refractivity contribution in [1.29, 1.82) is 0 Å². The van der Waals surface area contributed by atoms with Gasteiger partial charge in [-0.25, -0.2) is 13.1 Å². The molecule has 0 aliphatic rings. The van der Waals surface area contributed by atoms with Gasteiger partial charge >= 0.3 is 0 Å². The van der Waals surface area contributed by atoms with Crippen molar-refractivity contribution in [2.24, 2.45) is 5.92 Å². The Hall–Kier alpha value is -0.660. The minimum atomic E-state index is -3.79. The Bertz CT molecular complexity index is 732. The van der Waals surface area contributed by atoms with Gasteiger partial charge in [-0.15, -0.1) is 11.3 Å². The van der Waals surface area contributed by atoms with E-state index in [9.17, 15) is 13.5 Å². The van der Waals surface area contributed by atoms with Gasteiger partial charge in [0.2, 0.25) is 10.0 Å². The third-order valence-corrected chi connectivity index (χ3v) is 7.99. The Balaban J connectivity index is 3.47. The predicted molar refractivity (Wildman–Crippen MR) is 107 cm³/mol. The highest BCUT2D eigenvalue weighted by Crippen LogP contribution is 2.35. The van der Waals surface area contributed by atoms with Crippen molar-refractivity contribution in [3.63, 3.8) is 0 Å². The van der Waals surface area contributed by atoms with Gasteiger partial charge in [0, 0.05) is 0 Å². The molecule has 25 heavy (non-hydrogen) atoms. The second-order valence-corrected chi connectivity index (χ2v) is 9.91. The van der Waals surface area contributed by atoms with E-state index in [0.29, 0.717) is 21.9 Å². The highest BCUT2D eigenvalue weighted by molar-refractivity contribution is 7.91. The first-order valence-electron chi connectivity index (χ1n) is 8.31. The van der Waals surface area contributed by atoms with E-state index >= 15 is 0 Å². The summed E-state index contributed by atoms with van der Waals surface area (Å²) in [6.07, 6.45) is 4.35. The summed E-state index contributed by atoms with van der Waals surface area (Å²) in [5, 5.41) is 11.5. The van der Waals surface area contributed by atoms with Crippen molar-refractivity contribution in [1.82, 2.24) is 4.72 Å². The van der Waals surface area contributed by atoms with E-state index in [4.69, 9.17) is 11.6 Å². The molecule has 0 aliphatic carbocycles. The van der Waals surface area contributed by atoms with Crippen molar-refractivity contribution in [2.45, 2.75) is 63.8 Å². The molecular weight excluding hydrogens is 378 g/mol. The summed E-state index contributed by atoms with van der Waals surface area (Å²) in [4.78, 5) is 0. The van der Waals surface area contributed by atoms with Crippen LogP contribution in [0.4, 0.5) is 0 Å². The average Bonchev–Trinajstić information content (AvgIpc) is 3.04. The van der Waals surface area contributed by atoms with Gasteiger partial charge in [-0.3, -0.25) is 0 Å². The third-order valence-electron chi connectivity index (χ3n) is 4.83. The Labute approximate surface area is 160 Å². The molecule has 0 bridgehead atoms. The maximum atomic E-state index is 12.8. The lowest BCUT2D eigenvalue weighted by Crippen LogP contribution is -2.57. The van der Waals surface area contributed by atoms with Gasteiger partial charge in [0.25, 0.3) is 0 Å². The van der Waals surface area contributed by atoms with E-state index in [1.807, 2.05) is 53.7 Å². The number of halogens is 1. The highest BCUT2D eigenvalue weighted by Gasteiger charge is 2.44. The zero-order valence-corrected chi connectivity index (χ0v) is 18.0. The number of hydrogen-bond acceptors (Lipinski definition) is 4. The van der Waals surface area contributed by atoms with Crippen LogP contribution in [0.15, 0.2) is 39.6 Å². The summed E-state index contributed by atoms with van der Waals surface area (Å²) in [6.45, 7) is 11.2. The zero-order chi connectivity index (χ0) is 19.4. The van der Waals surface area contributed by atoms with Gasteiger partial charge in [0.05, 0.1) is 10.4 Å².